The van der Waals surface area contributed by atoms with Gasteiger partial charge in [-0.05, 0) is 74.6 Å². The summed E-state index contributed by atoms with van der Waals surface area (Å²) in [6.45, 7) is 11.1. The van der Waals surface area contributed by atoms with Crippen molar-refractivity contribution in [3.63, 3.8) is 0 Å². The first-order valence-electron chi connectivity index (χ1n) is 16.0. The largest absolute Gasteiger partial charge is 0.494 e. The number of carbonyl (C=O) groups is 3. The van der Waals surface area contributed by atoms with Crippen molar-refractivity contribution < 1.29 is 24.2 Å². The SMILES string of the molecule is CCOc1ccc(N2CC=C[C@H]3S[C@]45C=CCN(c6cc(C)ccc6C)C(=O)C4N([C@@H](CO)CC(C)C)C(=O)[C@@H]5[C@H]3C2=O)cc1. The third-order valence-corrected chi connectivity index (χ3v) is 11.3. The van der Waals surface area contributed by atoms with E-state index in [2.05, 4.69) is 13.8 Å². The molecule has 2 aromatic carbocycles. The quantitative estimate of drug-likeness (QED) is 0.418. The Balaban J connectivity index is 1.45. The van der Waals surface area contributed by atoms with Gasteiger partial charge >= 0.3 is 0 Å². The normalized spacial score (nSPS) is 28.2. The van der Waals surface area contributed by atoms with E-state index in [0.717, 1.165) is 28.3 Å². The first-order chi connectivity index (χ1) is 21.6. The van der Waals surface area contributed by atoms with Gasteiger partial charge in [0, 0.05) is 29.7 Å². The van der Waals surface area contributed by atoms with Gasteiger partial charge in [0.25, 0.3) is 5.91 Å². The molecular formula is C36H43N3O5S. The number of hydrogen-bond donors (Lipinski definition) is 1. The molecule has 2 aromatic rings. The van der Waals surface area contributed by atoms with Crippen LogP contribution in [0.3, 0.4) is 0 Å². The van der Waals surface area contributed by atoms with Crippen LogP contribution in [0.5, 0.6) is 5.75 Å². The highest BCUT2D eigenvalue weighted by atomic mass is 32.2. The van der Waals surface area contributed by atoms with Crippen LogP contribution in [0.2, 0.25) is 0 Å². The van der Waals surface area contributed by atoms with Gasteiger partial charge in [-0.3, -0.25) is 14.4 Å². The Bertz CT molecular complexity index is 1540. The molecular weight excluding hydrogens is 586 g/mol. The van der Waals surface area contributed by atoms with E-state index in [9.17, 15) is 19.5 Å². The minimum absolute atomic E-state index is 0.127. The standard InChI is InChI=1S/C36H43N3O5S/c1-6-44-27-14-12-25(13-15-27)37-17-7-9-29-30(33(37)41)31-34(42)39(26(21-40)19-22(2)3)32-35(43)38(18-8-16-36(31,32)45-29)28-20-23(4)10-11-24(28)5/h7-16,20,22,26,29-32,40H,6,17-19,21H2,1-5H3/t26-,29-,30+,31+,32?,36+/m1/s1. The molecule has 238 valence electrons. The topological polar surface area (TPSA) is 90.4 Å². The molecule has 1 N–H and O–H groups in total. The Morgan fingerprint density at radius 3 is 2.40 bits per heavy atom. The Hall–Kier alpha value is -3.56. The van der Waals surface area contributed by atoms with Gasteiger partial charge in [0.15, 0.2) is 0 Å². The monoisotopic (exact) mass is 629 g/mol. The highest BCUT2D eigenvalue weighted by molar-refractivity contribution is 8.02. The first-order valence-corrected chi connectivity index (χ1v) is 16.9. The first kappa shape index (κ1) is 31.4. The summed E-state index contributed by atoms with van der Waals surface area (Å²) in [5.74, 6) is -1.02. The van der Waals surface area contributed by atoms with Gasteiger partial charge in [-0.1, -0.05) is 50.3 Å². The minimum atomic E-state index is -0.956. The molecule has 3 amide bonds. The summed E-state index contributed by atoms with van der Waals surface area (Å²) in [5, 5.41) is 10.4. The molecule has 2 saturated heterocycles. The maximum Gasteiger partial charge on any atom is 0.251 e. The lowest BCUT2D eigenvalue weighted by Crippen LogP contribution is -2.57. The molecule has 0 saturated carbocycles. The summed E-state index contributed by atoms with van der Waals surface area (Å²) in [6.07, 6.45) is 8.63. The number of nitrogens with zero attached hydrogens (tertiary/aromatic N) is 3. The number of anilines is 2. The molecule has 1 unspecified atom stereocenters. The molecule has 4 heterocycles. The molecule has 0 aliphatic carbocycles. The number of hydrogen-bond acceptors (Lipinski definition) is 6. The van der Waals surface area contributed by atoms with Crippen LogP contribution in [0, 0.1) is 31.6 Å². The molecule has 9 heteroatoms. The van der Waals surface area contributed by atoms with E-state index >= 15 is 0 Å². The number of aliphatic hydroxyl groups excluding tert-OH is 1. The molecule has 2 fully saturated rings. The van der Waals surface area contributed by atoms with Gasteiger partial charge in [-0.2, -0.15) is 0 Å². The van der Waals surface area contributed by atoms with Crippen LogP contribution in [-0.2, 0) is 14.4 Å². The molecule has 0 radical (unpaired) electrons. The van der Waals surface area contributed by atoms with Crippen molar-refractivity contribution in [2.24, 2.45) is 17.8 Å². The lowest BCUT2D eigenvalue weighted by Gasteiger charge is -2.39. The number of carbonyl (C=O) groups excluding carboxylic acids is 3. The molecule has 8 nitrogen and oxygen atoms in total. The number of likely N-dealkylation sites (tertiary alicyclic amines) is 1. The van der Waals surface area contributed by atoms with Crippen molar-refractivity contribution in [3.8, 4) is 5.75 Å². The summed E-state index contributed by atoms with van der Waals surface area (Å²) in [4.78, 5) is 49.4. The van der Waals surface area contributed by atoms with E-state index < -0.39 is 28.7 Å². The minimum Gasteiger partial charge on any atom is -0.494 e. The Kier molecular flexibility index (Phi) is 8.61. The zero-order chi connectivity index (χ0) is 32.0. The van der Waals surface area contributed by atoms with Crippen LogP contribution in [0.25, 0.3) is 0 Å². The lowest BCUT2D eigenvalue weighted by atomic mass is 9.78. The Labute approximate surface area is 270 Å². The molecule has 0 bridgehead atoms. The number of benzene rings is 2. The second kappa shape index (κ2) is 12.3. The smallest absolute Gasteiger partial charge is 0.251 e. The van der Waals surface area contributed by atoms with Crippen LogP contribution in [0.4, 0.5) is 11.4 Å². The fraction of sp³-hybridized carbons (Fsp3) is 0.472. The van der Waals surface area contributed by atoms with Crippen molar-refractivity contribution in [2.75, 3.05) is 36.1 Å². The molecule has 4 aliphatic rings. The predicted molar refractivity (Wildman–Crippen MR) is 179 cm³/mol. The molecule has 1 spiro atoms. The van der Waals surface area contributed by atoms with E-state index in [0.29, 0.717) is 26.1 Å². The fourth-order valence-electron chi connectivity index (χ4n) is 7.64. The third kappa shape index (κ3) is 5.27. The highest BCUT2D eigenvalue weighted by Gasteiger charge is 2.71. The average molecular weight is 630 g/mol. The van der Waals surface area contributed by atoms with Gasteiger partial charge in [-0.15, -0.1) is 11.8 Å². The second-order valence-corrected chi connectivity index (χ2v) is 14.5. The van der Waals surface area contributed by atoms with Crippen molar-refractivity contribution in [1.82, 2.24) is 4.90 Å². The van der Waals surface area contributed by atoms with Crippen molar-refractivity contribution in [1.29, 1.82) is 0 Å². The molecule has 4 aliphatic heterocycles. The lowest BCUT2D eigenvalue weighted by molar-refractivity contribution is -0.142. The van der Waals surface area contributed by atoms with E-state index in [4.69, 9.17) is 4.74 Å². The number of amides is 3. The van der Waals surface area contributed by atoms with E-state index in [1.807, 2.05) is 87.5 Å². The van der Waals surface area contributed by atoms with E-state index in [-0.39, 0.29) is 35.5 Å². The van der Waals surface area contributed by atoms with Crippen LogP contribution in [0.15, 0.2) is 66.8 Å². The van der Waals surface area contributed by atoms with Crippen molar-refractivity contribution in [3.05, 3.63) is 77.9 Å². The number of aliphatic hydroxyl groups is 1. The van der Waals surface area contributed by atoms with Crippen molar-refractivity contribution in [2.45, 2.75) is 63.1 Å². The molecule has 6 rings (SSSR count). The highest BCUT2D eigenvalue weighted by Crippen LogP contribution is 2.61. The fourth-order valence-corrected chi connectivity index (χ4v) is 9.63. The average Bonchev–Trinajstić information content (AvgIpc) is 3.33. The van der Waals surface area contributed by atoms with Gasteiger partial charge in [0.1, 0.15) is 11.8 Å². The van der Waals surface area contributed by atoms with Crippen molar-refractivity contribution >= 4 is 40.9 Å². The summed E-state index contributed by atoms with van der Waals surface area (Å²) in [7, 11) is 0. The predicted octanol–water partition coefficient (Wildman–Crippen LogP) is 4.91. The maximum absolute atomic E-state index is 14.9. The third-order valence-electron chi connectivity index (χ3n) is 9.56. The number of thioether (sulfide) groups is 1. The zero-order valence-corrected chi connectivity index (χ0v) is 27.5. The number of rotatable bonds is 8. The van der Waals surface area contributed by atoms with Gasteiger partial charge in [0.2, 0.25) is 11.8 Å². The summed E-state index contributed by atoms with van der Waals surface area (Å²) in [6, 6.07) is 12.1. The zero-order valence-electron chi connectivity index (χ0n) is 26.7. The van der Waals surface area contributed by atoms with E-state index in [1.165, 1.54) is 0 Å². The Morgan fingerprint density at radius 2 is 1.71 bits per heavy atom. The summed E-state index contributed by atoms with van der Waals surface area (Å²) in [5.41, 5.74) is 3.57. The van der Waals surface area contributed by atoms with Gasteiger partial charge < -0.3 is 24.5 Å². The van der Waals surface area contributed by atoms with E-state index in [1.54, 1.807) is 26.5 Å². The summed E-state index contributed by atoms with van der Waals surface area (Å²) < 4.78 is 4.66. The number of aryl methyl sites for hydroxylation is 2. The van der Waals surface area contributed by atoms with Crippen LogP contribution < -0.4 is 14.5 Å². The molecule has 0 aromatic heterocycles. The second-order valence-electron chi connectivity index (χ2n) is 13.0. The van der Waals surface area contributed by atoms with Crippen LogP contribution in [-0.4, -0.2) is 76.1 Å². The van der Waals surface area contributed by atoms with Gasteiger partial charge in [0.05, 0.1) is 35.8 Å². The maximum atomic E-state index is 14.9. The number of fused-ring (bicyclic) bond motifs is 2. The Morgan fingerprint density at radius 1 is 0.978 bits per heavy atom. The van der Waals surface area contributed by atoms with Crippen LogP contribution >= 0.6 is 11.8 Å². The van der Waals surface area contributed by atoms with Crippen LogP contribution in [0.1, 0.15) is 38.3 Å². The summed E-state index contributed by atoms with van der Waals surface area (Å²) >= 11 is 1.56. The molecule has 45 heavy (non-hydrogen) atoms. The number of ether oxygens (including phenoxy) is 1. The molecule has 6 atom stereocenters. The van der Waals surface area contributed by atoms with Gasteiger partial charge in [-0.25, -0.2) is 0 Å².